The lowest BCUT2D eigenvalue weighted by Gasteiger charge is -2.34. The Kier molecular flexibility index (Phi) is 7.00. The van der Waals surface area contributed by atoms with Crippen LogP contribution in [0.1, 0.15) is 26.7 Å². The van der Waals surface area contributed by atoms with Gasteiger partial charge in [0, 0.05) is 45.3 Å². The highest BCUT2D eigenvalue weighted by atomic mass is 35.5. The number of hydrogen-bond donors (Lipinski definition) is 0. The number of aromatic nitrogens is 2. The number of carbonyl (C=O) groups is 1. The number of piperidine rings is 1. The largest absolute Gasteiger partial charge is 0.354 e. The topological polar surface area (TPSA) is 52.6 Å². The van der Waals surface area contributed by atoms with Crippen LogP contribution in [0.5, 0.6) is 0 Å². The number of halogens is 1. The molecule has 0 N–H and O–H groups in total. The molecule has 0 atom stereocenters. The number of piperazine rings is 1. The third kappa shape index (κ3) is 5.24. The van der Waals surface area contributed by atoms with E-state index in [0.29, 0.717) is 16.1 Å². The normalized spacial score (nSPS) is 19.8. The van der Waals surface area contributed by atoms with E-state index in [1.165, 1.54) is 11.8 Å². The van der Waals surface area contributed by atoms with Gasteiger partial charge in [-0.25, -0.2) is 9.97 Å². The molecule has 0 aliphatic carbocycles. The van der Waals surface area contributed by atoms with Crippen molar-refractivity contribution in [3.05, 3.63) is 11.2 Å². The summed E-state index contributed by atoms with van der Waals surface area (Å²) in [5.74, 6) is 2.13. The van der Waals surface area contributed by atoms with Gasteiger partial charge < -0.3 is 14.7 Å². The van der Waals surface area contributed by atoms with E-state index in [0.717, 1.165) is 70.4 Å². The summed E-state index contributed by atoms with van der Waals surface area (Å²) < 4.78 is 0. The molecule has 2 saturated heterocycles. The second-order valence-corrected chi connectivity index (χ2v) is 8.43. The van der Waals surface area contributed by atoms with E-state index < -0.39 is 0 Å². The molecule has 1 aromatic rings. The number of anilines is 1. The molecule has 0 radical (unpaired) electrons. The average molecular weight is 398 g/mol. The Morgan fingerprint density at radius 3 is 2.54 bits per heavy atom. The van der Waals surface area contributed by atoms with Crippen LogP contribution in [-0.2, 0) is 4.79 Å². The second-order valence-electron chi connectivity index (χ2n) is 7.10. The molecular weight excluding hydrogens is 370 g/mol. The molecule has 0 bridgehead atoms. The summed E-state index contributed by atoms with van der Waals surface area (Å²) in [6, 6.07) is 1.82. The molecule has 2 fully saturated rings. The summed E-state index contributed by atoms with van der Waals surface area (Å²) in [6.45, 7) is 11.2. The molecule has 144 valence electrons. The second kappa shape index (κ2) is 9.24. The number of nitrogens with zero attached hydrogens (tertiary/aromatic N) is 5. The van der Waals surface area contributed by atoms with E-state index >= 15 is 0 Å². The van der Waals surface area contributed by atoms with Crippen molar-refractivity contribution in [1.29, 1.82) is 0 Å². The number of carbonyl (C=O) groups excluding carboxylic acids is 1. The molecule has 0 aromatic carbocycles. The first-order valence-corrected chi connectivity index (χ1v) is 10.8. The molecule has 0 unspecified atom stereocenters. The van der Waals surface area contributed by atoms with E-state index in [4.69, 9.17) is 11.6 Å². The summed E-state index contributed by atoms with van der Waals surface area (Å²) in [4.78, 5) is 28.0. The van der Waals surface area contributed by atoms with Crippen LogP contribution in [0, 0.1) is 5.92 Å². The van der Waals surface area contributed by atoms with Gasteiger partial charge in [-0.2, -0.15) is 0 Å². The Hall–Kier alpha value is -1.05. The Bertz CT molecular complexity index is 616. The first-order chi connectivity index (χ1) is 12.5. The molecule has 0 saturated carbocycles. The SMILES string of the molecule is CCN1CCN(c2cc(Cl)nc(SCC(=O)N3CCC(C)CC3)n2)CC1. The van der Waals surface area contributed by atoms with Crippen molar-refractivity contribution in [2.24, 2.45) is 5.92 Å². The smallest absolute Gasteiger partial charge is 0.233 e. The molecule has 3 rings (SSSR count). The zero-order chi connectivity index (χ0) is 18.5. The highest BCUT2D eigenvalue weighted by Gasteiger charge is 2.21. The maximum absolute atomic E-state index is 12.4. The van der Waals surface area contributed by atoms with Crippen molar-refractivity contribution in [2.75, 3.05) is 56.5 Å². The molecule has 2 aliphatic heterocycles. The summed E-state index contributed by atoms with van der Waals surface area (Å²) in [6.07, 6.45) is 2.19. The molecule has 1 aromatic heterocycles. The Labute approximate surface area is 165 Å². The highest BCUT2D eigenvalue weighted by Crippen LogP contribution is 2.24. The van der Waals surface area contributed by atoms with Gasteiger partial charge in [-0.05, 0) is 25.3 Å². The number of amides is 1. The fraction of sp³-hybridized carbons (Fsp3) is 0.722. The van der Waals surface area contributed by atoms with Crippen LogP contribution in [-0.4, -0.2) is 77.2 Å². The van der Waals surface area contributed by atoms with Crippen molar-refractivity contribution in [1.82, 2.24) is 19.8 Å². The fourth-order valence-electron chi connectivity index (χ4n) is 3.38. The van der Waals surface area contributed by atoms with Crippen molar-refractivity contribution >= 4 is 35.1 Å². The third-order valence-corrected chi connectivity index (χ3v) is 6.29. The first-order valence-electron chi connectivity index (χ1n) is 9.47. The van der Waals surface area contributed by atoms with E-state index in [-0.39, 0.29) is 5.91 Å². The summed E-state index contributed by atoms with van der Waals surface area (Å²) in [5.41, 5.74) is 0. The Morgan fingerprint density at radius 2 is 1.88 bits per heavy atom. The number of likely N-dealkylation sites (tertiary alicyclic amines) is 1. The number of likely N-dealkylation sites (N-methyl/N-ethyl adjacent to an activating group) is 1. The lowest BCUT2D eigenvalue weighted by atomic mass is 9.99. The monoisotopic (exact) mass is 397 g/mol. The first kappa shape index (κ1) is 19.7. The van der Waals surface area contributed by atoms with Gasteiger partial charge in [0.25, 0.3) is 0 Å². The quantitative estimate of drug-likeness (QED) is 0.432. The highest BCUT2D eigenvalue weighted by molar-refractivity contribution is 7.99. The average Bonchev–Trinajstić information content (AvgIpc) is 2.66. The molecular formula is C18H28ClN5OS. The van der Waals surface area contributed by atoms with Crippen LogP contribution >= 0.6 is 23.4 Å². The van der Waals surface area contributed by atoms with E-state index in [2.05, 4.69) is 33.6 Å². The third-order valence-electron chi connectivity index (χ3n) is 5.27. The summed E-state index contributed by atoms with van der Waals surface area (Å²) in [7, 11) is 0. The van der Waals surface area contributed by atoms with E-state index in [1.807, 2.05) is 11.0 Å². The predicted octanol–water partition coefficient (Wildman–Crippen LogP) is 2.62. The van der Waals surface area contributed by atoms with Crippen LogP contribution in [0.2, 0.25) is 5.15 Å². The van der Waals surface area contributed by atoms with Crippen molar-refractivity contribution in [3.63, 3.8) is 0 Å². The number of hydrogen-bond acceptors (Lipinski definition) is 6. The number of thioether (sulfide) groups is 1. The van der Waals surface area contributed by atoms with Gasteiger partial charge in [0.2, 0.25) is 5.91 Å². The van der Waals surface area contributed by atoms with Crippen molar-refractivity contribution in [2.45, 2.75) is 31.8 Å². The molecule has 6 nitrogen and oxygen atoms in total. The van der Waals surface area contributed by atoms with Crippen LogP contribution in [0.3, 0.4) is 0 Å². The minimum Gasteiger partial charge on any atom is -0.354 e. The van der Waals surface area contributed by atoms with E-state index in [1.54, 1.807) is 0 Å². The molecule has 2 aliphatic rings. The predicted molar refractivity (Wildman–Crippen MR) is 107 cm³/mol. The fourth-order valence-corrected chi connectivity index (χ4v) is 4.36. The Morgan fingerprint density at radius 1 is 1.19 bits per heavy atom. The standard InChI is InChI=1S/C18H28ClN5OS/c1-3-22-8-10-23(11-9-22)16-12-15(19)20-18(21-16)26-13-17(25)24-6-4-14(2)5-7-24/h12,14H,3-11,13H2,1-2H3. The maximum Gasteiger partial charge on any atom is 0.233 e. The van der Waals surface area contributed by atoms with Gasteiger partial charge in [0.15, 0.2) is 5.16 Å². The molecule has 8 heteroatoms. The molecule has 26 heavy (non-hydrogen) atoms. The molecule has 0 spiro atoms. The van der Waals surface area contributed by atoms with Crippen LogP contribution < -0.4 is 4.90 Å². The maximum atomic E-state index is 12.4. The lowest BCUT2D eigenvalue weighted by molar-refractivity contribution is -0.129. The van der Waals surface area contributed by atoms with Crippen molar-refractivity contribution < 1.29 is 4.79 Å². The van der Waals surface area contributed by atoms with Crippen LogP contribution in [0.4, 0.5) is 5.82 Å². The lowest BCUT2D eigenvalue weighted by Crippen LogP contribution is -2.46. The van der Waals surface area contributed by atoms with Crippen molar-refractivity contribution in [3.8, 4) is 0 Å². The van der Waals surface area contributed by atoms with Gasteiger partial charge in [0.1, 0.15) is 11.0 Å². The molecule has 3 heterocycles. The summed E-state index contributed by atoms with van der Waals surface area (Å²) in [5, 5.41) is 1.03. The van der Waals surface area contributed by atoms with Gasteiger partial charge in [-0.1, -0.05) is 37.2 Å². The Balaban J connectivity index is 1.57. The van der Waals surface area contributed by atoms with E-state index in [9.17, 15) is 4.79 Å². The zero-order valence-electron chi connectivity index (χ0n) is 15.7. The summed E-state index contributed by atoms with van der Waals surface area (Å²) >= 11 is 7.59. The minimum absolute atomic E-state index is 0.170. The minimum atomic E-state index is 0.170. The van der Waals surface area contributed by atoms with Crippen LogP contribution in [0.25, 0.3) is 0 Å². The van der Waals surface area contributed by atoms with Gasteiger partial charge in [-0.3, -0.25) is 4.79 Å². The number of rotatable bonds is 5. The van der Waals surface area contributed by atoms with Gasteiger partial charge >= 0.3 is 0 Å². The zero-order valence-corrected chi connectivity index (χ0v) is 17.2. The molecule has 1 amide bonds. The van der Waals surface area contributed by atoms with Crippen LogP contribution in [0.15, 0.2) is 11.2 Å². The van der Waals surface area contributed by atoms with Gasteiger partial charge in [0.05, 0.1) is 5.75 Å². The van der Waals surface area contributed by atoms with Gasteiger partial charge in [-0.15, -0.1) is 0 Å².